The molecule has 2 heterocycles. The largest absolute Gasteiger partial charge is 0.289 e. The van der Waals surface area contributed by atoms with E-state index in [4.69, 9.17) is 0 Å². The van der Waals surface area contributed by atoms with Crippen LogP contribution in [0.3, 0.4) is 0 Å². The number of amides is 2. The van der Waals surface area contributed by atoms with Crippen molar-refractivity contribution in [1.29, 1.82) is 0 Å². The van der Waals surface area contributed by atoms with Crippen molar-refractivity contribution in [2.24, 2.45) is 0 Å². The van der Waals surface area contributed by atoms with Crippen molar-refractivity contribution < 1.29 is 18.0 Å². The standard InChI is InChI=1S/C18H23N3O4S/c22-17-12-16(18(23)21(17)15-6-7-15)19-8-10-20(11-9-19)26(24,25)13-14-4-2-1-3-5-14/h1-5,15-16H,6-13H2/t16-/m1/s1. The second kappa shape index (κ2) is 6.75. The molecule has 1 aromatic rings. The van der Waals surface area contributed by atoms with E-state index >= 15 is 0 Å². The van der Waals surface area contributed by atoms with Gasteiger partial charge in [0.25, 0.3) is 0 Å². The van der Waals surface area contributed by atoms with Crippen molar-refractivity contribution in [1.82, 2.24) is 14.1 Å². The van der Waals surface area contributed by atoms with E-state index in [1.165, 1.54) is 9.21 Å². The number of rotatable bonds is 5. The summed E-state index contributed by atoms with van der Waals surface area (Å²) in [6, 6.07) is 8.83. The zero-order valence-corrected chi connectivity index (χ0v) is 15.4. The number of piperazine rings is 1. The van der Waals surface area contributed by atoms with Crippen molar-refractivity contribution in [2.75, 3.05) is 26.2 Å². The van der Waals surface area contributed by atoms with Crippen molar-refractivity contribution in [2.45, 2.75) is 37.1 Å². The number of nitrogens with zero attached hydrogens (tertiary/aromatic N) is 3. The molecule has 1 atom stereocenters. The fraction of sp³-hybridized carbons (Fsp3) is 0.556. The number of sulfonamides is 1. The lowest BCUT2D eigenvalue weighted by Crippen LogP contribution is -2.54. The first-order chi connectivity index (χ1) is 12.5. The molecule has 0 spiro atoms. The van der Waals surface area contributed by atoms with Crippen LogP contribution in [0.1, 0.15) is 24.8 Å². The van der Waals surface area contributed by atoms with Gasteiger partial charge in [-0.2, -0.15) is 4.31 Å². The molecule has 2 saturated heterocycles. The minimum atomic E-state index is -3.38. The lowest BCUT2D eigenvalue weighted by Gasteiger charge is -2.36. The predicted octanol–water partition coefficient (Wildman–Crippen LogP) is 0.424. The summed E-state index contributed by atoms with van der Waals surface area (Å²) >= 11 is 0. The summed E-state index contributed by atoms with van der Waals surface area (Å²) in [5.74, 6) is -0.191. The molecule has 3 aliphatic rings. The summed E-state index contributed by atoms with van der Waals surface area (Å²) in [7, 11) is -3.38. The second-order valence-electron chi connectivity index (χ2n) is 7.23. The highest BCUT2D eigenvalue weighted by atomic mass is 32.2. The van der Waals surface area contributed by atoms with E-state index in [9.17, 15) is 18.0 Å². The van der Waals surface area contributed by atoms with Crippen molar-refractivity contribution in [3.63, 3.8) is 0 Å². The Kier molecular flexibility index (Phi) is 4.58. The number of likely N-dealkylation sites (tertiary alicyclic amines) is 1. The lowest BCUT2D eigenvalue weighted by atomic mass is 10.2. The van der Waals surface area contributed by atoms with Crippen molar-refractivity contribution in [3.05, 3.63) is 35.9 Å². The quantitative estimate of drug-likeness (QED) is 0.695. The number of imide groups is 1. The van der Waals surface area contributed by atoms with Crippen LogP contribution in [-0.2, 0) is 25.4 Å². The monoisotopic (exact) mass is 377 g/mol. The van der Waals surface area contributed by atoms with Crippen molar-refractivity contribution >= 4 is 21.8 Å². The molecule has 4 rings (SSSR count). The van der Waals surface area contributed by atoms with E-state index < -0.39 is 16.1 Å². The summed E-state index contributed by atoms with van der Waals surface area (Å²) in [5, 5.41) is 0. The summed E-state index contributed by atoms with van der Waals surface area (Å²) in [6.07, 6.45) is 2.05. The van der Waals surface area contributed by atoms with Crippen LogP contribution in [0.15, 0.2) is 30.3 Å². The van der Waals surface area contributed by atoms with Crippen LogP contribution in [-0.4, -0.2) is 72.6 Å². The van der Waals surface area contributed by atoms with Crippen LogP contribution in [0.2, 0.25) is 0 Å². The normalized spacial score (nSPS) is 25.8. The molecule has 7 nitrogen and oxygen atoms in total. The Bertz CT molecular complexity index is 799. The van der Waals surface area contributed by atoms with Crippen LogP contribution in [0.25, 0.3) is 0 Å². The molecule has 0 N–H and O–H groups in total. The van der Waals surface area contributed by atoms with Gasteiger partial charge in [0.15, 0.2) is 0 Å². The molecule has 0 bridgehead atoms. The third-order valence-corrected chi connectivity index (χ3v) is 7.22. The van der Waals surface area contributed by atoms with Crippen LogP contribution < -0.4 is 0 Å². The molecular formula is C18H23N3O4S. The number of carbonyl (C=O) groups is 2. The predicted molar refractivity (Wildman–Crippen MR) is 95.5 cm³/mol. The Labute approximate surface area is 153 Å². The van der Waals surface area contributed by atoms with E-state index in [1.807, 2.05) is 35.2 Å². The molecule has 140 valence electrons. The smallest absolute Gasteiger partial charge is 0.247 e. The maximum atomic E-state index is 12.6. The van der Waals surface area contributed by atoms with Crippen LogP contribution in [0, 0.1) is 0 Å². The van der Waals surface area contributed by atoms with E-state index in [0.29, 0.717) is 26.2 Å². The average Bonchev–Trinajstić information content (AvgIpc) is 3.41. The average molecular weight is 377 g/mol. The first-order valence-corrected chi connectivity index (χ1v) is 10.7. The highest BCUT2D eigenvalue weighted by molar-refractivity contribution is 7.88. The molecule has 2 amide bonds. The van der Waals surface area contributed by atoms with Gasteiger partial charge in [-0.3, -0.25) is 19.4 Å². The third kappa shape index (κ3) is 3.41. The Morgan fingerprint density at radius 3 is 2.23 bits per heavy atom. The van der Waals surface area contributed by atoms with Crippen LogP contribution in [0.4, 0.5) is 0 Å². The van der Waals surface area contributed by atoms with Gasteiger partial charge in [-0.1, -0.05) is 30.3 Å². The summed E-state index contributed by atoms with van der Waals surface area (Å²) < 4.78 is 26.8. The highest BCUT2D eigenvalue weighted by Crippen LogP contribution is 2.33. The topological polar surface area (TPSA) is 78.0 Å². The van der Waals surface area contributed by atoms with Gasteiger partial charge in [0.1, 0.15) is 0 Å². The maximum Gasteiger partial charge on any atom is 0.247 e. The molecule has 1 aliphatic carbocycles. The van der Waals surface area contributed by atoms with E-state index in [0.717, 1.165) is 18.4 Å². The molecule has 0 unspecified atom stereocenters. The van der Waals surface area contributed by atoms with Gasteiger partial charge in [0.2, 0.25) is 21.8 Å². The number of hydrogen-bond donors (Lipinski definition) is 0. The fourth-order valence-corrected chi connectivity index (χ4v) is 5.32. The summed E-state index contributed by atoms with van der Waals surface area (Å²) in [6.45, 7) is 1.68. The minimum Gasteiger partial charge on any atom is -0.289 e. The van der Waals surface area contributed by atoms with Crippen LogP contribution >= 0.6 is 0 Å². The number of carbonyl (C=O) groups excluding carboxylic acids is 2. The number of hydrogen-bond acceptors (Lipinski definition) is 5. The molecule has 3 fully saturated rings. The van der Waals surface area contributed by atoms with Gasteiger partial charge in [-0.15, -0.1) is 0 Å². The molecule has 1 saturated carbocycles. The SMILES string of the molecule is O=C1C[C@@H](N2CCN(S(=O)(=O)Cc3ccccc3)CC2)C(=O)N1C1CC1. The van der Waals surface area contributed by atoms with E-state index in [1.54, 1.807) is 0 Å². The summed E-state index contributed by atoms with van der Waals surface area (Å²) in [4.78, 5) is 28.1. The fourth-order valence-electron chi connectivity index (χ4n) is 3.81. The molecule has 0 radical (unpaired) electrons. The first-order valence-electron chi connectivity index (χ1n) is 9.07. The Balaban J connectivity index is 1.37. The second-order valence-corrected chi connectivity index (χ2v) is 9.20. The molecule has 0 aromatic heterocycles. The third-order valence-electron chi connectivity index (χ3n) is 5.37. The van der Waals surface area contributed by atoms with Gasteiger partial charge in [-0.25, -0.2) is 8.42 Å². The Morgan fingerprint density at radius 2 is 1.62 bits per heavy atom. The molecular weight excluding hydrogens is 354 g/mol. The summed E-state index contributed by atoms with van der Waals surface area (Å²) in [5.41, 5.74) is 0.770. The zero-order valence-electron chi connectivity index (χ0n) is 14.6. The zero-order chi connectivity index (χ0) is 18.3. The van der Waals surface area contributed by atoms with Gasteiger partial charge < -0.3 is 0 Å². The van der Waals surface area contributed by atoms with Crippen molar-refractivity contribution in [3.8, 4) is 0 Å². The Morgan fingerprint density at radius 1 is 0.962 bits per heavy atom. The minimum absolute atomic E-state index is 0.00978. The number of benzene rings is 1. The van der Waals surface area contributed by atoms with Gasteiger partial charge in [-0.05, 0) is 18.4 Å². The first kappa shape index (κ1) is 17.6. The van der Waals surface area contributed by atoms with E-state index in [-0.39, 0.29) is 30.0 Å². The van der Waals surface area contributed by atoms with E-state index in [2.05, 4.69) is 0 Å². The lowest BCUT2D eigenvalue weighted by molar-refractivity contribution is -0.140. The maximum absolute atomic E-state index is 12.6. The highest BCUT2D eigenvalue weighted by Gasteiger charge is 2.48. The van der Waals surface area contributed by atoms with Gasteiger partial charge >= 0.3 is 0 Å². The van der Waals surface area contributed by atoms with Crippen LogP contribution in [0.5, 0.6) is 0 Å². The van der Waals surface area contributed by atoms with Gasteiger partial charge in [0.05, 0.1) is 18.2 Å². The molecule has 2 aliphatic heterocycles. The Hall–Kier alpha value is -1.77. The molecule has 26 heavy (non-hydrogen) atoms. The van der Waals surface area contributed by atoms with Gasteiger partial charge in [0, 0.05) is 32.2 Å². The molecule has 1 aromatic carbocycles. The molecule has 8 heteroatoms.